The highest BCUT2D eigenvalue weighted by Gasteiger charge is 2.31. The molecule has 0 radical (unpaired) electrons. The molecule has 0 aliphatic carbocycles. The first-order valence-corrected chi connectivity index (χ1v) is 8.79. The molecule has 6 heteroatoms. The van der Waals surface area contributed by atoms with E-state index >= 15 is 0 Å². The van der Waals surface area contributed by atoms with Crippen LogP contribution < -0.4 is 5.56 Å². The van der Waals surface area contributed by atoms with Gasteiger partial charge in [-0.1, -0.05) is 6.07 Å². The smallest absolute Gasteiger partial charge is 0.259 e. The van der Waals surface area contributed by atoms with Crippen LogP contribution in [0, 0.1) is 6.92 Å². The fourth-order valence-electron chi connectivity index (χ4n) is 3.55. The number of hydrogen-bond acceptors (Lipinski definition) is 5. The van der Waals surface area contributed by atoms with Gasteiger partial charge >= 0.3 is 0 Å². The molecule has 6 nitrogen and oxygen atoms in total. The molecule has 2 aromatic heterocycles. The molecular formula is C19H26N4O2. The van der Waals surface area contributed by atoms with E-state index in [0.717, 1.165) is 37.6 Å². The van der Waals surface area contributed by atoms with Gasteiger partial charge in [-0.2, -0.15) is 0 Å². The third kappa shape index (κ3) is 3.45. The minimum absolute atomic E-state index is 0.0572. The molecule has 0 saturated carbocycles. The summed E-state index contributed by atoms with van der Waals surface area (Å²) in [6.07, 6.45) is 1.74. The molecule has 134 valence electrons. The van der Waals surface area contributed by atoms with Crippen molar-refractivity contribution < 1.29 is 5.11 Å². The Bertz CT molecular complexity index is 780. The van der Waals surface area contributed by atoms with E-state index in [4.69, 9.17) is 0 Å². The van der Waals surface area contributed by atoms with E-state index in [9.17, 15) is 9.90 Å². The molecule has 3 heterocycles. The van der Waals surface area contributed by atoms with Crippen LogP contribution in [0.5, 0.6) is 5.75 Å². The summed E-state index contributed by atoms with van der Waals surface area (Å²) in [5, 5.41) is 10.6. The van der Waals surface area contributed by atoms with Gasteiger partial charge in [0.2, 0.25) is 0 Å². The quantitative estimate of drug-likeness (QED) is 0.915. The van der Waals surface area contributed by atoms with Crippen molar-refractivity contribution in [3.8, 4) is 5.75 Å². The largest absolute Gasteiger partial charge is 0.507 e. The maximum absolute atomic E-state index is 13.1. The van der Waals surface area contributed by atoms with Gasteiger partial charge in [-0.05, 0) is 39.1 Å². The van der Waals surface area contributed by atoms with E-state index in [1.165, 1.54) is 0 Å². The van der Waals surface area contributed by atoms with Gasteiger partial charge < -0.3 is 14.6 Å². The zero-order valence-electron chi connectivity index (χ0n) is 15.1. The number of aromatic nitrogens is 2. The zero-order chi connectivity index (χ0) is 18.0. The van der Waals surface area contributed by atoms with Gasteiger partial charge in [-0.25, -0.2) is 0 Å². The topological polar surface area (TPSA) is 61.6 Å². The maximum Gasteiger partial charge on any atom is 0.259 e. The molecule has 3 rings (SSSR count). The molecule has 1 atom stereocenters. The fourth-order valence-corrected chi connectivity index (χ4v) is 3.55. The molecular weight excluding hydrogens is 316 g/mol. The molecule has 1 N–H and O–H groups in total. The molecule has 0 bridgehead atoms. The van der Waals surface area contributed by atoms with Gasteiger partial charge in [-0.15, -0.1) is 0 Å². The molecule has 2 aromatic rings. The normalized spacial score (nSPS) is 17.6. The summed E-state index contributed by atoms with van der Waals surface area (Å²) in [5.41, 5.74) is 1.86. The van der Waals surface area contributed by atoms with E-state index in [1.807, 2.05) is 32.0 Å². The van der Waals surface area contributed by atoms with Crippen LogP contribution in [0.2, 0.25) is 0 Å². The standard InChI is InChI=1S/C19H26N4O2/c1-4-23-14(2)13-16(24)17(19(23)25)18(15-7-5-6-8-20-15)22-11-9-21(3)10-12-22/h5-8,13,18,24H,4,9-12H2,1-3H3. The summed E-state index contributed by atoms with van der Waals surface area (Å²) in [6, 6.07) is 7.07. The van der Waals surface area contributed by atoms with Crippen LogP contribution in [0.15, 0.2) is 35.3 Å². The van der Waals surface area contributed by atoms with Crippen LogP contribution in [0.4, 0.5) is 0 Å². The first-order valence-electron chi connectivity index (χ1n) is 8.79. The van der Waals surface area contributed by atoms with Crippen LogP contribution in [-0.4, -0.2) is 57.7 Å². The molecule has 0 spiro atoms. The number of aromatic hydroxyl groups is 1. The van der Waals surface area contributed by atoms with Gasteiger partial charge in [0.1, 0.15) is 5.75 Å². The highest BCUT2D eigenvalue weighted by Crippen LogP contribution is 2.32. The van der Waals surface area contributed by atoms with Crippen molar-refractivity contribution in [3.63, 3.8) is 0 Å². The lowest BCUT2D eigenvalue weighted by Crippen LogP contribution is -2.47. The van der Waals surface area contributed by atoms with E-state index < -0.39 is 0 Å². The first-order chi connectivity index (χ1) is 12.0. The van der Waals surface area contributed by atoms with E-state index in [1.54, 1.807) is 16.8 Å². The number of hydrogen-bond donors (Lipinski definition) is 1. The Hall–Kier alpha value is -2.18. The molecule has 1 aliphatic heterocycles. The number of likely N-dealkylation sites (N-methyl/N-ethyl adjacent to an activating group) is 1. The molecule has 1 fully saturated rings. The Balaban J connectivity index is 2.14. The third-order valence-corrected chi connectivity index (χ3v) is 4.98. The lowest BCUT2D eigenvalue weighted by Gasteiger charge is -2.38. The van der Waals surface area contributed by atoms with Crippen LogP contribution in [0.25, 0.3) is 0 Å². The summed E-state index contributed by atoms with van der Waals surface area (Å²) in [5.74, 6) is 0.0572. The van der Waals surface area contributed by atoms with Crippen molar-refractivity contribution in [1.29, 1.82) is 0 Å². The molecule has 25 heavy (non-hydrogen) atoms. The highest BCUT2D eigenvalue weighted by atomic mass is 16.3. The summed E-state index contributed by atoms with van der Waals surface area (Å²) in [4.78, 5) is 22.1. The highest BCUT2D eigenvalue weighted by molar-refractivity contribution is 5.39. The van der Waals surface area contributed by atoms with Crippen molar-refractivity contribution in [2.45, 2.75) is 26.4 Å². The van der Waals surface area contributed by atoms with Gasteiger partial charge in [-0.3, -0.25) is 14.7 Å². The first kappa shape index (κ1) is 17.6. The molecule has 1 unspecified atom stereocenters. The number of rotatable bonds is 4. The van der Waals surface area contributed by atoms with Gasteiger partial charge in [0.25, 0.3) is 5.56 Å². The van der Waals surface area contributed by atoms with Gasteiger partial charge in [0.05, 0.1) is 17.3 Å². The average Bonchev–Trinajstić information content (AvgIpc) is 2.60. The molecule has 1 aliphatic rings. The summed E-state index contributed by atoms with van der Waals surface area (Å²) in [7, 11) is 2.10. The second kappa shape index (κ2) is 7.37. The summed E-state index contributed by atoms with van der Waals surface area (Å²) < 4.78 is 1.71. The SMILES string of the molecule is CCn1c(C)cc(O)c(C(c2ccccn2)N2CCN(C)CC2)c1=O. The van der Waals surface area contributed by atoms with Gasteiger partial charge in [0.15, 0.2) is 0 Å². The predicted octanol–water partition coefficient (Wildman–Crippen LogP) is 1.61. The maximum atomic E-state index is 13.1. The Kier molecular flexibility index (Phi) is 5.20. The molecule has 0 amide bonds. The Morgan fingerprint density at radius 1 is 1.24 bits per heavy atom. The van der Waals surface area contributed by atoms with Crippen LogP contribution in [0.3, 0.4) is 0 Å². The van der Waals surface area contributed by atoms with Crippen molar-refractivity contribution >= 4 is 0 Å². The fraction of sp³-hybridized carbons (Fsp3) is 0.474. The van der Waals surface area contributed by atoms with Crippen LogP contribution in [0.1, 0.15) is 29.9 Å². The lowest BCUT2D eigenvalue weighted by molar-refractivity contribution is 0.123. The van der Waals surface area contributed by atoms with Gasteiger partial charge in [0, 0.05) is 44.6 Å². The van der Waals surface area contributed by atoms with Crippen molar-refractivity contribution in [2.75, 3.05) is 33.2 Å². The van der Waals surface area contributed by atoms with E-state index in [2.05, 4.69) is 21.8 Å². The van der Waals surface area contributed by atoms with Crippen molar-refractivity contribution in [1.82, 2.24) is 19.4 Å². The van der Waals surface area contributed by atoms with E-state index in [-0.39, 0.29) is 17.4 Å². The summed E-state index contributed by atoms with van der Waals surface area (Å²) >= 11 is 0. The second-order valence-corrected chi connectivity index (χ2v) is 6.63. The van der Waals surface area contributed by atoms with Crippen molar-refractivity contribution in [3.05, 3.63) is 57.8 Å². The van der Waals surface area contributed by atoms with Crippen LogP contribution in [-0.2, 0) is 6.54 Å². The Morgan fingerprint density at radius 2 is 1.96 bits per heavy atom. The minimum Gasteiger partial charge on any atom is -0.507 e. The molecule has 1 saturated heterocycles. The van der Waals surface area contributed by atoms with E-state index in [0.29, 0.717) is 12.1 Å². The number of nitrogens with zero attached hydrogens (tertiary/aromatic N) is 4. The lowest BCUT2D eigenvalue weighted by atomic mass is 10.00. The monoisotopic (exact) mass is 342 g/mol. The number of aryl methyl sites for hydroxylation is 1. The predicted molar refractivity (Wildman–Crippen MR) is 97.9 cm³/mol. The average molecular weight is 342 g/mol. The van der Waals surface area contributed by atoms with Crippen molar-refractivity contribution in [2.24, 2.45) is 0 Å². The molecule has 0 aromatic carbocycles. The Morgan fingerprint density at radius 3 is 2.56 bits per heavy atom. The number of pyridine rings is 2. The zero-order valence-corrected chi connectivity index (χ0v) is 15.1. The second-order valence-electron chi connectivity index (χ2n) is 6.63. The number of piperazine rings is 1. The van der Waals surface area contributed by atoms with Crippen LogP contribution >= 0.6 is 0 Å². The summed E-state index contributed by atoms with van der Waals surface area (Å²) in [6.45, 7) is 7.89. The Labute approximate surface area is 148 Å². The third-order valence-electron chi connectivity index (χ3n) is 4.98. The minimum atomic E-state index is -0.333.